The third-order valence-electron chi connectivity index (χ3n) is 3.66. The predicted molar refractivity (Wildman–Crippen MR) is 79.4 cm³/mol. The maximum atomic E-state index is 12.1. The molecule has 1 aliphatic carbocycles. The van der Waals surface area contributed by atoms with Gasteiger partial charge in [-0.15, -0.1) is 0 Å². The Hall–Kier alpha value is -0.770. The van der Waals surface area contributed by atoms with Crippen LogP contribution in [0.1, 0.15) is 46.5 Å². The standard InChI is InChI=1S/C15H24O3S/c1-4-13(17)15-12(9-16)7-11(8-14(15)18)6-10(3)19-5-2/h9-12,17H,4-8H2,1-3H3. The lowest BCUT2D eigenvalue weighted by molar-refractivity contribution is -0.121. The first-order valence-corrected chi connectivity index (χ1v) is 8.10. The number of aliphatic hydroxyl groups is 1. The number of rotatable bonds is 6. The first-order chi connectivity index (χ1) is 9.03. The second-order valence-electron chi connectivity index (χ2n) is 5.19. The lowest BCUT2D eigenvalue weighted by Gasteiger charge is -2.29. The minimum Gasteiger partial charge on any atom is -0.512 e. The van der Waals surface area contributed by atoms with Crippen LogP contribution in [0.2, 0.25) is 0 Å². The van der Waals surface area contributed by atoms with Crippen molar-refractivity contribution >= 4 is 23.8 Å². The molecule has 0 aromatic rings. The zero-order valence-electron chi connectivity index (χ0n) is 12.0. The lowest BCUT2D eigenvalue weighted by Crippen LogP contribution is -2.29. The van der Waals surface area contributed by atoms with Gasteiger partial charge in [0.15, 0.2) is 5.78 Å². The van der Waals surface area contributed by atoms with Crippen LogP contribution >= 0.6 is 11.8 Å². The van der Waals surface area contributed by atoms with Crippen LogP contribution in [-0.2, 0) is 9.59 Å². The van der Waals surface area contributed by atoms with Crippen molar-refractivity contribution in [3.05, 3.63) is 11.3 Å². The van der Waals surface area contributed by atoms with Gasteiger partial charge in [0, 0.05) is 29.6 Å². The fourth-order valence-corrected chi connectivity index (χ4v) is 3.81. The molecular formula is C15H24O3S. The molecule has 1 saturated carbocycles. The SMILES string of the molecule is CCSC(C)CC1CC(=O)C(=C(O)CC)C(C=O)C1. The monoisotopic (exact) mass is 284 g/mol. The van der Waals surface area contributed by atoms with Gasteiger partial charge in [0.1, 0.15) is 6.29 Å². The van der Waals surface area contributed by atoms with Gasteiger partial charge in [-0.25, -0.2) is 0 Å². The fourth-order valence-electron chi connectivity index (χ4n) is 2.83. The highest BCUT2D eigenvalue weighted by atomic mass is 32.2. The van der Waals surface area contributed by atoms with E-state index >= 15 is 0 Å². The topological polar surface area (TPSA) is 54.4 Å². The molecule has 4 heteroatoms. The van der Waals surface area contributed by atoms with Gasteiger partial charge in [0.2, 0.25) is 0 Å². The number of aliphatic hydroxyl groups excluding tert-OH is 1. The molecule has 1 aliphatic rings. The number of carbonyl (C=O) groups is 2. The molecule has 0 heterocycles. The van der Waals surface area contributed by atoms with Crippen LogP contribution in [0.5, 0.6) is 0 Å². The van der Waals surface area contributed by atoms with Crippen molar-refractivity contribution in [1.82, 2.24) is 0 Å². The van der Waals surface area contributed by atoms with Crippen LogP contribution in [-0.4, -0.2) is 28.2 Å². The Balaban J connectivity index is 2.76. The van der Waals surface area contributed by atoms with E-state index in [1.165, 1.54) is 0 Å². The lowest BCUT2D eigenvalue weighted by atomic mass is 9.75. The minimum absolute atomic E-state index is 0.0404. The molecule has 0 aromatic heterocycles. The summed E-state index contributed by atoms with van der Waals surface area (Å²) in [6.45, 7) is 6.09. The zero-order chi connectivity index (χ0) is 14.4. The Labute approximate surface area is 119 Å². The maximum absolute atomic E-state index is 12.1. The number of aldehydes is 1. The molecule has 3 nitrogen and oxygen atoms in total. The Bertz CT molecular complexity index is 362. The Morgan fingerprint density at radius 2 is 2.21 bits per heavy atom. The number of carbonyl (C=O) groups excluding carboxylic acids is 2. The Kier molecular flexibility index (Phi) is 6.63. The number of allylic oxidation sites excluding steroid dienone is 2. The smallest absolute Gasteiger partial charge is 0.163 e. The van der Waals surface area contributed by atoms with E-state index in [0.717, 1.165) is 18.5 Å². The van der Waals surface area contributed by atoms with Crippen molar-refractivity contribution in [3.8, 4) is 0 Å². The summed E-state index contributed by atoms with van der Waals surface area (Å²) in [5, 5.41) is 10.3. The third kappa shape index (κ3) is 4.37. The van der Waals surface area contributed by atoms with E-state index in [1.807, 2.05) is 11.8 Å². The van der Waals surface area contributed by atoms with Gasteiger partial charge in [-0.3, -0.25) is 4.79 Å². The second-order valence-corrected chi connectivity index (χ2v) is 6.90. The van der Waals surface area contributed by atoms with Gasteiger partial charge < -0.3 is 9.90 Å². The summed E-state index contributed by atoms with van der Waals surface area (Å²) in [5.74, 6) is 0.980. The molecule has 0 aliphatic heterocycles. The largest absolute Gasteiger partial charge is 0.512 e. The molecule has 3 unspecified atom stereocenters. The molecule has 0 radical (unpaired) electrons. The molecule has 0 bridgehead atoms. The highest BCUT2D eigenvalue weighted by Gasteiger charge is 2.34. The summed E-state index contributed by atoms with van der Waals surface area (Å²) in [5.41, 5.74) is 0.365. The van der Waals surface area contributed by atoms with Gasteiger partial charge in [0.05, 0.1) is 5.76 Å². The van der Waals surface area contributed by atoms with Crippen molar-refractivity contribution < 1.29 is 14.7 Å². The van der Waals surface area contributed by atoms with Crippen LogP contribution < -0.4 is 0 Å². The molecule has 0 saturated heterocycles. The zero-order valence-corrected chi connectivity index (χ0v) is 12.8. The highest BCUT2D eigenvalue weighted by molar-refractivity contribution is 7.99. The van der Waals surface area contributed by atoms with E-state index < -0.39 is 5.92 Å². The molecule has 0 spiro atoms. The van der Waals surface area contributed by atoms with E-state index in [9.17, 15) is 14.7 Å². The molecule has 19 heavy (non-hydrogen) atoms. The van der Waals surface area contributed by atoms with Crippen molar-refractivity contribution in [2.75, 3.05) is 5.75 Å². The van der Waals surface area contributed by atoms with Crippen molar-refractivity contribution in [3.63, 3.8) is 0 Å². The van der Waals surface area contributed by atoms with E-state index in [4.69, 9.17) is 0 Å². The van der Waals surface area contributed by atoms with Gasteiger partial charge >= 0.3 is 0 Å². The fraction of sp³-hybridized carbons (Fsp3) is 0.733. The van der Waals surface area contributed by atoms with Gasteiger partial charge in [-0.1, -0.05) is 20.8 Å². The van der Waals surface area contributed by atoms with Gasteiger partial charge in [0.25, 0.3) is 0 Å². The summed E-state index contributed by atoms with van der Waals surface area (Å²) in [4.78, 5) is 23.3. The molecule has 108 valence electrons. The molecule has 1 N–H and O–H groups in total. The number of Topliss-reactive ketones (excluding diaryl/α,β-unsaturated/α-hetero) is 1. The number of ketones is 1. The van der Waals surface area contributed by atoms with Crippen molar-refractivity contribution in [2.45, 2.75) is 51.7 Å². The molecule has 0 aromatic carbocycles. The third-order valence-corrected chi connectivity index (χ3v) is 4.75. The Morgan fingerprint density at radius 3 is 2.74 bits per heavy atom. The summed E-state index contributed by atoms with van der Waals surface area (Å²) < 4.78 is 0. The normalized spacial score (nSPS) is 28.1. The van der Waals surface area contributed by atoms with E-state index in [2.05, 4.69) is 13.8 Å². The minimum atomic E-state index is -0.412. The highest BCUT2D eigenvalue weighted by Crippen LogP contribution is 2.35. The molecule has 1 rings (SSSR count). The van der Waals surface area contributed by atoms with Gasteiger partial charge in [-0.05, 0) is 24.5 Å². The molecule has 0 amide bonds. The van der Waals surface area contributed by atoms with Crippen LogP contribution in [0.15, 0.2) is 11.3 Å². The summed E-state index contributed by atoms with van der Waals surface area (Å²) in [6.07, 6.45) is 3.37. The quantitative estimate of drug-likeness (QED) is 0.460. The van der Waals surface area contributed by atoms with E-state index in [0.29, 0.717) is 30.1 Å². The van der Waals surface area contributed by atoms with Crippen molar-refractivity contribution in [2.24, 2.45) is 11.8 Å². The van der Waals surface area contributed by atoms with E-state index in [-0.39, 0.29) is 17.5 Å². The number of thioether (sulfide) groups is 1. The number of hydrogen-bond acceptors (Lipinski definition) is 4. The summed E-state index contributed by atoms with van der Waals surface area (Å²) in [7, 11) is 0. The van der Waals surface area contributed by atoms with Gasteiger partial charge in [-0.2, -0.15) is 11.8 Å². The summed E-state index contributed by atoms with van der Waals surface area (Å²) >= 11 is 1.89. The van der Waals surface area contributed by atoms with Crippen LogP contribution in [0.4, 0.5) is 0 Å². The molecule has 3 atom stereocenters. The van der Waals surface area contributed by atoms with Crippen LogP contribution in [0.25, 0.3) is 0 Å². The van der Waals surface area contributed by atoms with Crippen molar-refractivity contribution in [1.29, 1.82) is 0 Å². The predicted octanol–water partition coefficient (Wildman–Crippen LogP) is 3.53. The Morgan fingerprint density at radius 1 is 1.53 bits per heavy atom. The molecule has 1 fully saturated rings. The average molecular weight is 284 g/mol. The second kappa shape index (κ2) is 7.73. The first kappa shape index (κ1) is 16.3. The van der Waals surface area contributed by atoms with Crippen LogP contribution in [0, 0.1) is 11.8 Å². The maximum Gasteiger partial charge on any atom is 0.163 e. The van der Waals surface area contributed by atoms with Crippen LogP contribution in [0.3, 0.4) is 0 Å². The first-order valence-electron chi connectivity index (χ1n) is 7.05. The molecular weight excluding hydrogens is 260 g/mol. The summed E-state index contributed by atoms with van der Waals surface area (Å²) in [6, 6.07) is 0. The average Bonchev–Trinajstić information content (AvgIpc) is 2.37. The number of hydrogen-bond donors (Lipinski definition) is 1. The van der Waals surface area contributed by atoms with E-state index in [1.54, 1.807) is 6.92 Å².